The van der Waals surface area contributed by atoms with Crippen LogP contribution < -0.4 is 11.5 Å². The van der Waals surface area contributed by atoms with Gasteiger partial charge in [0.1, 0.15) is 11.4 Å². The molecule has 0 bridgehead atoms. The lowest BCUT2D eigenvalue weighted by atomic mass is 10.0. The maximum Gasteiger partial charge on any atom is 0.336 e. The smallest absolute Gasteiger partial charge is 0.336 e. The van der Waals surface area contributed by atoms with Gasteiger partial charge in [0.05, 0.1) is 33.9 Å². The van der Waals surface area contributed by atoms with Crippen molar-refractivity contribution in [2.24, 2.45) is 20.5 Å². The molecule has 0 aromatic heterocycles. The Morgan fingerprint density at radius 2 is 0.818 bits per heavy atom. The molecule has 0 heterocycles. The first-order chi connectivity index (χ1) is 21.3. The highest BCUT2D eigenvalue weighted by Gasteiger charge is 2.15. The molecule has 0 saturated heterocycles. The molecule has 44 heavy (non-hydrogen) atoms. The normalized spacial score (nSPS) is 11.5. The minimum atomic E-state index is -1.07. The van der Waals surface area contributed by atoms with E-state index >= 15 is 0 Å². The van der Waals surface area contributed by atoms with E-state index in [1.807, 2.05) is 24.3 Å². The van der Waals surface area contributed by atoms with Crippen molar-refractivity contribution < 1.29 is 19.8 Å². The summed E-state index contributed by atoms with van der Waals surface area (Å²) in [5.74, 6) is -2.14. The Morgan fingerprint density at radius 3 is 1.16 bits per heavy atom. The molecular weight excluding hydrogens is 556 g/mol. The molecule has 6 aromatic rings. The summed E-state index contributed by atoms with van der Waals surface area (Å²) in [7, 11) is 0. The maximum atomic E-state index is 11.8. The number of nitrogens with zero attached hydrogens (tertiary/aromatic N) is 4. The second-order valence-corrected chi connectivity index (χ2v) is 9.91. The summed E-state index contributed by atoms with van der Waals surface area (Å²) in [5.41, 5.74) is 17.0. The van der Waals surface area contributed by atoms with E-state index in [1.54, 1.807) is 72.8 Å². The van der Waals surface area contributed by atoms with E-state index in [2.05, 4.69) is 20.5 Å². The number of nitrogens with two attached hydrogens (primary N) is 2. The first kappa shape index (κ1) is 27.7. The molecule has 6 aromatic carbocycles. The van der Waals surface area contributed by atoms with E-state index in [1.165, 1.54) is 12.1 Å². The first-order valence-electron chi connectivity index (χ1n) is 13.4. The molecular formula is C34H24N6O4. The van der Waals surface area contributed by atoms with E-state index in [4.69, 9.17) is 11.5 Å². The molecule has 10 nitrogen and oxygen atoms in total. The van der Waals surface area contributed by atoms with Gasteiger partial charge in [-0.2, -0.15) is 10.2 Å². The number of benzene rings is 6. The van der Waals surface area contributed by atoms with Gasteiger partial charge in [-0.1, -0.05) is 72.8 Å². The lowest BCUT2D eigenvalue weighted by Crippen LogP contribution is -1.99. The van der Waals surface area contributed by atoms with Crippen LogP contribution in [0.15, 0.2) is 130 Å². The first-order valence-corrected chi connectivity index (χ1v) is 13.4. The number of carbonyl (C=O) groups is 2. The van der Waals surface area contributed by atoms with E-state index < -0.39 is 11.9 Å². The Kier molecular flexibility index (Phi) is 7.22. The molecule has 0 aliphatic rings. The largest absolute Gasteiger partial charge is 0.478 e. The monoisotopic (exact) mass is 580 g/mol. The van der Waals surface area contributed by atoms with E-state index in [9.17, 15) is 19.8 Å². The number of hydrogen-bond donors (Lipinski definition) is 4. The van der Waals surface area contributed by atoms with Crippen LogP contribution in [0.2, 0.25) is 0 Å². The lowest BCUT2D eigenvalue weighted by Gasteiger charge is -2.08. The van der Waals surface area contributed by atoms with Crippen molar-refractivity contribution in [3.05, 3.63) is 120 Å². The fraction of sp³-hybridized carbons (Fsp3) is 0. The van der Waals surface area contributed by atoms with Crippen LogP contribution in [0.3, 0.4) is 0 Å². The Balaban J connectivity index is 1.20. The Hall–Kier alpha value is -6.42. The second kappa shape index (κ2) is 11.5. The maximum absolute atomic E-state index is 11.8. The van der Waals surface area contributed by atoms with Crippen molar-refractivity contribution in [3.63, 3.8) is 0 Å². The van der Waals surface area contributed by atoms with Crippen LogP contribution in [0.1, 0.15) is 20.7 Å². The Morgan fingerprint density at radius 1 is 0.477 bits per heavy atom. The third-order valence-electron chi connectivity index (χ3n) is 7.20. The van der Waals surface area contributed by atoms with Gasteiger partial charge in [0.25, 0.3) is 0 Å². The van der Waals surface area contributed by atoms with Crippen LogP contribution >= 0.6 is 0 Å². The van der Waals surface area contributed by atoms with Gasteiger partial charge in [-0.15, -0.1) is 10.2 Å². The summed E-state index contributed by atoms with van der Waals surface area (Å²) < 4.78 is 0. The number of carboxylic acids is 2. The Labute approximate surface area is 250 Å². The fourth-order valence-corrected chi connectivity index (χ4v) is 4.95. The minimum absolute atomic E-state index is 0.104. The molecule has 0 spiro atoms. The van der Waals surface area contributed by atoms with Crippen LogP contribution in [0.25, 0.3) is 32.7 Å². The lowest BCUT2D eigenvalue weighted by molar-refractivity contribution is 0.0688. The van der Waals surface area contributed by atoms with Crippen LogP contribution in [0.5, 0.6) is 0 Å². The van der Waals surface area contributed by atoms with E-state index in [0.29, 0.717) is 44.3 Å². The van der Waals surface area contributed by atoms with Gasteiger partial charge in [0.2, 0.25) is 0 Å². The molecule has 0 saturated carbocycles. The molecule has 0 aliphatic heterocycles. The highest BCUT2D eigenvalue weighted by Crippen LogP contribution is 2.36. The molecule has 0 aliphatic carbocycles. The number of carboxylic acid groups (broad SMARTS) is 2. The van der Waals surface area contributed by atoms with Crippen LogP contribution in [0.4, 0.5) is 34.1 Å². The van der Waals surface area contributed by atoms with Crippen molar-refractivity contribution in [2.45, 2.75) is 0 Å². The molecule has 6 N–H and O–H groups in total. The number of azo groups is 2. The average molecular weight is 581 g/mol. The number of hydrogen-bond acceptors (Lipinski definition) is 8. The zero-order valence-electron chi connectivity index (χ0n) is 23.0. The van der Waals surface area contributed by atoms with Gasteiger partial charge < -0.3 is 21.7 Å². The predicted octanol–water partition coefficient (Wildman–Crippen LogP) is 9.05. The number of rotatable bonds is 7. The zero-order valence-corrected chi connectivity index (χ0v) is 23.0. The highest BCUT2D eigenvalue weighted by atomic mass is 16.4. The highest BCUT2D eigenvalue weighted by molar-refractivity contribution is 6.11. The standard InChI is InChI=1S/C34H24N6O4/c35-31-25-7-3-1-5-23(25)27(33(41)42)17-29(31)39-37-21-13-9-19(10-14-21)20-11-15-22(16-12-20)38-40-30-18-28(34(43)44)24-6-2-4-8-26(24)32(30)36/h1-18H,35-36H2,(H,41,42)(H,43,44). The van der Waals surface area contributed by atoms with Gasteiger partial charge in [-0.25, -0.2) is 9.59 Å². The third-order valence-corrected chi connectivity index (χ3v) is 7.20. The number of fused-ring (bicyclic) bond motifs is 2. The van der Waals surface area contributed by atoms with Crippen LogP contribution in [-0.2, 0) is 0 Å². The minimum Gasteiger partial charge on any atom is -0.478 e. The van der Waals surface area contributed by atoms with Gasteiger partial charge in [0, 0.05) is 10.8 Å². The molecule has 0 radical (unpaired) electrons. The van der Waals surface area contributed by atoms with Crippen molar-refractivity contribution in [1.82, 2.24) is 0 Å². The molecule has 10 heteroatoms. The quantitative estimate of drug-likeness (QED) is 0.108. The van der Waals surface area contributed by atoms with Crippen molar-refractivity contribution in [3.8, 4) is 11.1 Å². The zero-order chi connectivity index (χ0) is 30.8. The topological polar surface area (TPSA) is 176 Å². The summed E-state index contributed by atoms with van der Waals surface area (Å²) in [6, 6.07) is 31.6. The molecule has 0 amide bonds. The predicted molar refractivity (Wildman–Crippen MR) is 171 cm³/mol. The number of nitrogen functional groups attached to an aromatic ring is 2. The van der Waals surface area contributed by atoms with Crippen molar-refractivity contribution >= 4 is 67.6 Å². The van der Waals surface area contributed by atoms with E-state index in [0.717, 1.165) is 11.1 Å². The molecule has 0 fully saturated rings. The molecule has 0 unspecified atom stereocenters. The second-order valence-electron chi connectivity index (χ2n) is 9.91. The summed E-state index contributed by atoms with van der Waals surface area (Å²) in [6.07, 6.45) is 0. The third kappa shape index (κ3) is 5.30. The molecule has 6 rings (SSSR count). The van der Waals surface area contributed by atoms with Gasteiger partial charge in [0.15, 0.2) is 0 Å². The van der Waals surface area contributed by atoms with Crippen LogP contribution in [0, 0.1) is 0 Å². The fourth-order valence-electron chi connectivity index (χ4n) is 4.95. The SMILES string of the molecule is Nc1c(N=Nc2ccc(-c3ccc(N=Nc4cc(C(=O)O)c5ccccc5c4N)cc3)cc2)cc(C(=O)O)c2ccccc12. The Bertz CT molecular complexity index is 1980. The van der Waals surface area contributed by atoms with Crippen LogP contribution in [-0.4, -0.2) is 22.2 Å². The van der Waals surface area contributed by atoms with Gasteiger partial charge in [-0.05, 0) is 58.3 Å². The summed E-state index contributed by atoms with van der Waals surface area (Å²) in [5, 5.41) is 38.6. The average Bonchev–Trinajstić information content (AvgIpc) is 3.04. The van der Waals surface area contributed by atoms with Gasteiger partial charge >= 0.3 is 11.9 Å². The summed E-state index contributed by atoms with van der Waals surface area (Å²) >= 11 is 0. The van der Waals surface area contributed by atoms with Crippen molar-refractivity contribution in [2.75, 3.05) is 11.5 Å². The van der Waals surface area contributed by atoms with Gasteiger partial charge in [-0.3, -0.25) is 0 Å². The summed E-state index contributed by atoms with van der Waals surface area (Å²) in [6.45, 7) is 0. The summed E-state index contributed by atoms with van der Waals surface area (Å²) in [4.78, 5) is 23.6. The van der Waals surface area contributed by atoms with Crippen molar-refractivity contribution in [1.29, 1.82) is 0 Å². The molecule has 214 valence electrons. The number of aromatic carboxylic acids is 2. The van der Waals surface area contributed by atoms with E-state index in [-0.39, 0.29) is 22.5 Å². The molecule has 0 atom stereocenters. The number of anilines is 2.